The third-order valence-electron chi connectivity index (χ3n) is 4.32. The Morgan fingerprint density at radius 1 is 0.533 bits per heavy atom. The fourth-order valence-electron chi connectivity index (χ4n) is 2.88. The van der Waals surface area contributed by atoms with Crippen LogP contribution in [-0.4, -0.2) is 16.0 Å². The minimum Gasteiger partial charge on any atom is -0.508 e. The Morgan fingerprint density at radius 2 is 1.00 bits per heavy atom. The number of ether oxygens (including phenoxy) is 2. The van der Waals surface area contributed by atoms with Crippen LogP contribution in [0.5, 0.6) is 34.5 Å². The van der Waals surface area contributed by atoms with E-state index in [2.05, 4.69) is 0 Å². The summed E-state index contributed by atoms with van der Waals surface area (Å²) in [5, 5.41) is 18.9. The number of ketones is 1. The van der Waals surface area contributed by atoms with Crippen LogP contribution < -0.4 is 9.47 Å². The number of benzene rings is 4. The maximum absolute atomic E-state index is 13.0. The predicted molar refractivity (Wildman–Crippen MR) is 113 cm³/mol. The zero-order valence-corrected chi connectivity index (χ0v) is 15.9. The summed E-state index contributed by atoms with van der Waals surface area (Å²) < 4.78 is 11.7. The van der Waals surface area contributed by atoms with Gasteiger partial charge in [0, 0.05) is 17.2 Å². The second-order valence-electron chi connectivity index (χ2n) is 6.58. The normalized spacial score (nSPS) is 10.4. The van der Waals surface area contributed by atoms with Crippen LogP contribution in [0.4, 0.5) is 0 Å². The van der Waals surface area contributed by atoms with Gasteiger partial charge in [0.1, 0.15) is 34.5 Å². The van der Waals surface area contributed by atoms with E-state index in [1.165, 1.54) is 24.3 Å². The summed E-state index contributed by atoms with van der Waals surface area (Å²) in [5.41, 5.74) is 0.959. The van der Waals surface area contributed by atoms with Crippen molar-refractivity contribution >= 4 is 5.78 Å². The number of rotatable bonds is 6. The maximum atomic E-state index is 13.0. The number of hydrogen-bond donors (Lipinski definition) is 2. The number of carbonyl (C=O) groups excluding carboxylic acids is 1. The zero-order chi connectivity index (χ0) is 20.9. The standard InChI is InChI=1S/C25H18O5/c26-19-6-10-21(11-7-19)29-23-14-18(25(28)17-4-2-1-3-5-17)15-24(16-23)30-22-12-8-20(27)9-13-22/h1-16,26-27H. The van der Waals surface area contributed by atoms with Crippen LogP contribution in [0.15, 0.2) is 97.1 Å². The molecule has 0 aliphatic heterocycles. The lowest BCUT2D eigenvalue weighted by atomic mass is 10.0. The first kappa shape index (κ1) is 19.1. The monoisotopic (exact) mass is 398 g/mol. The summed E-state index contributed by atoms with van der Waals surface area (Å²) in [5.74, 6) is 1.94. The average Bonchev–Trinajstić information content (AvgIpc) is 2.77. The van der Waals surface area contributed by atoms with Gasteiger partial charge >= 0.3 is 0 Å². The largest absolute Gasteiger partial charge is 0.508 e. The topological polar surface area (TPSA) is 76.0 Å². The molecule has 4 rings (SSSR count). The van der Waals surface area contributed by atoms with Crippen molar-refractivity contribution in [2.24, 2.45) is 0 Å². The first-order valence-corrected chi connectivity index (χ1v) is 9.25. The van der Waals surface area contributed by atoms with Crippen molar-refractivity contribution in [1.29, 1.82) is 0 Å². The molecule has 0 aliphatic carbocycles. The molecule has 0 radical (unpaired) electrons. The summed E-state index contributed by atoms with van der Waals surface area (Å²) in [6.07, 6.45) is 0. The molecule has 0 saturated carbocycles. The molecular formula is C25H18O5. The lowest BCUT2D eigenvalue weighted by Crippen LogP contribution is -2.02. The predicted octanol–water partition coefficient (Wildman–Crippen LogP) is 5.91. The van der Waals surface area contributed by atoms with Gasteiger partial charge in [-0.25, -0.2) is 0 Å². The van der Waals surface area contributed by atoms with Gasteiger partial charge in [-0.1, -0.05) is 30.3 Å². The van der Waals surface area contributed by atoms with Crippen LogP contribution in [-0.2, 0) is 0 Å². The second-order valence-corrected chi connectivity index (χ2v) is 6.58. The van der Waals surface area contributed by atoms with E-state index in [4.69, 9.17) is 9.47 Å². The summed E-state index contributed by atoms with van der Waals surface area (Å²) >= 11 is 0. The van der Waals surface area contributed by atoms with Gasteiger partial charge in [0.15, 0.2) is 5.78 Å². The lowest BCUT2D eigenvalue weighted by molar-refractivity contribution is 0.103. The van der Waals surface area contributed by atoms with Crippen molar-refractivity contribution < 1.29 is 24.5 Å². The van der Waals surface area contributed by atoms with Gasteiger partial charge in [0.05, 0.1) is 0 Å². The third-order valence-corrected chi connectivity index (χ3v) is 4.32. The number of hydrogen-bond acceptors (Lipinski definition) is 5. The molecule has 5 nitrogen and oxygen atoms in total. The quantitative estimate of drug-likeness (QED) is 0.395. The van der Waals surface area contributed by atoms with E-state index in [-0.39, 0.29) is 17.3 Å². The van der Waals surface area contributed by atoms with Crippen LogP contribution in [0.3, 0.4) is 0 Å². The lowest BCUT2D eigenvalue weighted by Gasteiger charge is -2.12. The smallest absolute Gasteiger partial charge is 0.193 e. The van der Waals surface area contributed by atoms with E-state index >= 15 is 0 Å². The fourth-order valence-corrected chi connectivity index (χ4v) is 2.88. The number of phenols is 2. The van der Waals surface area contributed by atoms with E-state index in [0.29, 0.717) is 34.1 Å². The Kier molecular flexibility index (Phi) is 5.35. The molecule has 0 spiro atoms. The summed E-state index contributed by atoms with van der Waals surface area (Å²) in [6.45, 7) is 0. The van der Waals surface area contributed by atoms with Crippen LogP contribution in [0.1, 0.15) is 15.9 Å². The maximum Gasteiger partial charge on any atom is 0.193 e. The van der Waals surface area contributed by atoms with Gasteiger partial charge in [-0.15, -0.1) is 0 Å². The van der Waals surface area contributed by atoms with Gasteiger partial charge in [0.25, 0.3) is 0 Å². The van der Waals surface area contributed by atoms with Crippen LogP contribution in [0.25, 0.3) is 0 Å². The highest BCUT2D eigenvalue weighted by Gasteiger charge is 2.13. The summed E-state index contributed by atoms with van der Waals surface area (Å²) in [4.78, 5) is 13.0. The molecule has 0 unspecified atom stereocenters. The number of carbonyl (C=O) groups is 1. The molecule has 0 fully saturated rings. The highest BCUT2D eigenvalue weighted by molar-refractivity contribution is 6.09. The van der Waals surface area contributed by atoms with Crippen molar-refractivity contribution in [2.75, 3.05) is 0 Å². The molecule has 0 amide bonds. The van der Waals surface area contributed by atoms with Gasteiger partial charge in [-0.2, -0.15) is 0 Å². The van der Waals surface area contributed by atoms with Gasteiger partial charge in [-0.05, 0) is 60.7 Å². The fraction of sp³-hybridized carbons (Fsp3) is 0. The van der Waals surface area contributed by atoms with Crippen molar-refractivity contribution in [3.8, 4) is 34.5 Å². The van der Waals surface area contributed by atoms with Crippen molar-refractivity contribution in [1.82, 2.24) is 0 Å². The van der Waals surface area contributed by atoms with Crippen LogP contribution >= 0.6 is 0 Å². The first-order chi connectivity index (χ1) is 14.6. The minimum absolute atomic E-state index is 0.131. The highest BCUT2D eigenvalue weighted by Crippen LogP contribution is 2.32. The molecule has 148 valence electrons. The molecule has 4 aromatic carbocycles. The van der Waals surface area contributed by atoms with Crippen molar-refractivity contribution in [2.45, 2.75) is 0 Å². The zero-order valence-electron chi connectivity index (χ0n) is 15.9. The Balaban J connectivity index is 1.69. The van der Waals surface area contributed by atoms with E-state index in [9.17, 15) is 15.0 Å². The summed E-state index contributed by atoms with van der Waals surface area (Å²) in [7, 11) is 0. The average molecular weight is 398 g/mol. The number of phenolic OH excluding ortho intramolecular Hbond substituents is 2. The molecule has 0 bridgehead atoms. The highest BCUT2D eigenvalue weighted by atomic mass is 16.5. The Bertz CT molecular complexity index is 1080. The molecular weight excluding hydrogens is 380 g/mol. The van der Waals surface area contributed by atoms with Crippen LogP contribution in [0.2, 0.25) is 0 Å². The first-order valence-electron chi connectivity index (χ1n) is 9.25. The van der Waals surface area contributed by atoms with Crippen LogP contribution in [0, 0.1) is 0 Å². The molecule has 30 heavy (non-hydrogen) atoms. The third kappa shape index (κ3) is 4.59. The molecule has 5 heteroatoms. The Labute approximate surface area is 173 Å². The Hall–Kier alpha value is -4.25. The second kappa shape index (κ2) is 8.41. The minimum atomic E-state index is -0.165. The molecule has 4 aromatic rings. The van der Waals surface area contributed by atoms with Crippen molar-refractivity contribution in [3.05, 3.63) is 108 Å². The van der Waals surface area contributed by atoms with Crippen molar-refractivity contribution in [3.63, 3.8) is 0 Å². The van der Waals surface area contributed by atoms with Gasteiger partial charge in [0.2, 0.25) is 0 Å². The summed E-state index contributed by atoms with van der Waals surface area (Å²) in [6, 6.07) is 26.5. The molecule has 0 atom stereocenters. The molecule has 0 heterocycles. The molecule has 2 N–H and O–H groups in total. The Morgan fingerprint density at radius 3 is 1.47 bits per heavy atom. The molecule has 0 aromatic heterocycles. The van der Waals surface area contributed by atoms with Gasteiger partial charge in [-0.3, -0.25) is 4.79 Å². The number of aromatic hydroxyl groups is 2. The van der Waals surface area contributed by atoms with Gasteiger partial charge < -0.3 is 19.7 Å². The molecule has 0 aliphatic rings. The van der Waals surface area contributed by atoms with E-state index in [1.807, 2.05) is 6.07 Å². The SMILES string of the molecule is O=C(c1ccccc1)c1cc(Oc2ccc(O)cc2)cc(Oc2ccc(O)cc2)c1. The van der Waals surface area contributed by atoms with E-state index < -0.39 is 0 Å². The molecule has 0 saturated heterocycles. The van der Waals surface area contributed by atoms with E-state index in [0.717, 1.165) is 0 Å². The van der Waals surface area contributed by atoms with E-state index in [1.54, 1.807) is 66.7 Å².